The van der Waals surface area contributed by atoms with Crippen molar-refractivity contribution in [3.05, 3.63) is 90.1 Å². The Kier molecular flexibility index (Phi) is 4.63. The van der Waals surface area contributed by atoms with Crippen LogP contribution in [0.3, 0.4) is 0 Å². The van der Waals surface area contributed by atoms with Crippen LogP contribution in [0.15, 0.2) is 77.7 Å². The number of benzene rings is 1. The monoisotopic (exact) mass is 294 g/mol. The molecular weight excluding hydrogens is 276 g/mol. The zero-order chi connectivity index (χ0) is 15.2. The normalized spacial score (nSPS) is 13.7. The van der Waals surface area contributed by atoms with Crippen molar-refractivity contribution in [3.8, 4) is 0 Å². The van der Waals surface area contributed by atoms with Crippen LogP contribution < -0.4 is 5.32 Å². The SMILES string of the molecule is OC(CNC(c1ccccc1)c1ccncc1)c1ccco1. The average Bonchev–Trinajstić information content (AvgIpc) is 3.11. The van der Waals surface area contributed by atoms with Gasteiger partial charge in [-0.3, -0.25) is 4.98 Å². The second-order valence-electron chi connectivity index (χ2n) is 5.06. The molecule has 0 amide bonds. The van der Waals surface area contributed by atoms with Gasteiger partial charge in [-0.05, 0) is 35.4 Å². The lowest BCUT2D eigenvalue weighted by Gasteiger charge is -2.21. The number of nitrogens with zero attached hydrogens (tertiary/aromatic N) is 1. The summed E-state index contributed by atoms with van der Waals surface area (Å²) in [5.41, 5.74) is 2.24. The van der Waals surface area contributed by atoms with E-state index in [1.807, 2.05) is 30.3 Å². The van der Waals surface area contributed by atoms with Crippen LogP contribution in [0.25, 0.3) is 0 Å². The van der Waals surface area contributed by atoms with Crippen molar-refractivity contribution in [2.75, 3.05) is 6.54 Å². The molecule has 0 aliphatic carbocycles. The maximum Gasteiger partial charge on any atom is 0.133 e. The third-order valence-corrected chi connectivity index (χ3v) is 3.56. The average molecular weight is 294 g/mol. The Morgan fingerprint density at radius 2 is 1.68 bits per heavy atom. The maximum atomic E-state index is 10.2. The van der Waals surface area contributed by atoms with Crippen molar-refractivity contribution in [3.63, 3.8) is 0 Å². The van der Waals surface area contributed by atoms with Gasteiger partial charge in [-0.1, -0.05) is 30.3 Å². The maximum absolute atomic E-state index is 10.2. The zero-order valence-electron chi connectivity index (χ0n) is 12.1. The Bertz CT molecular complexity index is 629. The van der Waals surface area contributed by atoms with Crippen LogP contribution in [0.5, 0.6) is 0 Å². The molecule has 0 radical (unpaired) electrons. The molecule has 2 unspecified atom stereocenters. The molecule has 0 bridgehead atoms. The molecule has 112 valence electrons. The largest absolute Gasteiger partial charge is 0.467 e. The minimum atomic E-state index is -0.678. The quantitative estimate of drug-likeness (QED) is 0.733. The lowest BCUT2D eigenvalue weighted by atomic mass is 9.99. The summed E-state index contributed by atoms with van der Waals surface area (Å²) in [6, 6.07) is 17.6. The van der Waals surface area contributed by atoms with Crippen molar-refractivity contribution >= 4 is 0 Å². The molecule has 0 saturated heterocycles. The second kappa shape index (κ2) is 7.02. The molecule has 2 N–H and O–H groups in total. The summed E-state index contributed by atoms with van der Waals surface area (Å²) in [5.74, 6) is 0.564. The summed E-state index contributed by atoms with van der Waals surface area (Å²) in [5, 5.41) is 13.6. The highest BCUT2D eigenvalue weighted by Crippen LogP contribution is 2.22. The first kappa shape index (κ1) is 14.5. The van der Waals surface area contributed by atoms with Crippen molar-refractivity contribution in [1.82, 2.24) is 10.3 Å². The fourth-order valence-electron chi connectivity index (χ4n) is 2.44. The van der Waals surface area contributed by atoms with Gasteiger partial charge in [0.05, 0.1) is 12.3 Å². The smallest absolute Gasteiger partial charge is 0.133 e. The van der Waals surface area contributed by atoms with Crippen molar-refractivity contribution in [2.45, 2.75) is 12.1 Å². The fraction of sp³-hybridized carbons (Fsp3) is 0.167. The summed E-state index contributed by atoms with van der Waals surface area (Å²) >= 11 is 0. The van der Waals surface area contributed by atoms with Crippen LogP contribution >= 0.6 is 0 Å². The highest BCUT2D eigenvalue weighted by Gasteiger charge is 2.17. The highest BCUT2D eigenvalue weighted by molar-refractivity contribution is 5.30. The Morgan fingerprint density at radius 1 is 0.955 bits per heavy atom. The van der Waals surface area contributed by atoms with Gasteiger partial charge in [0.25, 0.3) is 0 Å². The Balaban J connectivity index is 1.78. The van der Waals surface area contributed by atoms with Crippen LogP contribution in [0.2, 0.25) is 0 Å². The predicted octanol–water partition coefficient (Wildman–Crippen LogP) is 3.09. The van der Waals surface area contributed by atoms with E-state index in [-0.39, 0.29) is 6.04 Å². The van der Waals surface area contributed by atoms with Gasteiger partial charge < -0.3 is 14.8 Å². The number of hydrogen-bond acceptors (Lipinski definition) is 4. The minimum Gasteiger partial charge on any atom is -0.467 e. The van der Waals surface area contributed by atoms with Crippen LogP contribution in [0.4, 0.5) is 0 Å². The number of aliphatic hydroxyl groups excluding tert-OH is 1. The molecule has 2 aromatic heterocycles. The third-order valence-electron chi connectivity index (χ3n) is 3.56. The van der Waals surface area contributed by atoms with E-state index in [1.165, 1.54) is 0 Å². The molecule has 0 fully saturated rings. The van der Waals surface area contributed by atoms with E-state index in [9.17, 15) is 5.11 Å². The van der Waals surface area contributed by atoms with Gasteiger partial charge in [0.2, 0.25) is 0 Å². The number of rotatable bonds is 6. The molecule has 4 heteroatoms. The molecule has 4 nitrogen and oxygen atoms in total. The topological polar surface area (TPSA) is 58.3 Å². The molecule has 2 atom stereocenters. The molecule has 3 aromatic rings. The molecule has 0 aliphatic heterocycles. The number of aliphatic hydroxyl groups is 1. The van der Waals surface area contributed by atoms with E-state index in [1.54, 1.807) is 30.8 Å². The van der Waals surface area contributed by atoms with Gasteiger partial charge in [-0.2, -0.15) is 0 Å². The first-order chi connectivity index (χ1) is 10.8. The van der Waals surface area contributed by atoms with E-state index < -0.39 is 6.10 Å². The molecule has 0 spiro atoms. The molecule has 22 heavy (non-hydrogen) atoms. The number of hydrogen-bond donors (Lipinski definition) is 2. The first-order valence-electron chi connectivity index (χ1n) is 7.24. The van der Waals surface area contributed by atoms with Gasteiger partial charge in [-0.15, -0.1) is 0 Å². The van der Waals surface area contributed by atoms with Crippen molar-refractivity contribution in [1.29, 1.82) is 0 Å². The van der Waals surface area contributed by atoms with E-state index in [4.69, 9.17) is 4.42 Å². The molecule has 0 saturated carbocycles. The van der Waals surface area contributed by atoms with Gasteiger partial charge >= 0.3 is 0 Å². The number of furan rings is 1. The molecule has 1 aromatic carbocycles. The van der Waals surface area contributed by atoms with Crippen LogP contribution in [-0.4, -0.2) is 16.6 Å². The summed E-state index contributed by atoms with van der Waals surface area (Å²) in [4.78, 5) is 4.07. The fourth-order valence-corrected chi connectivity index (χ4v) is 2.44. The summed E-state index contributed by atoms with van der Waals surface area (Å²) in [6.45, 7) is 0.398. The Hall–Kier alpha value is -2.43. The zero-order valence-corrected chi connectivity index (χ0v) is 12.1. The second-order valence-corrected chi connectivity index (χ2v) is 5.06. The van der Waals surface area contributed by atoms with Gasteiger partial charge in [0, 0.05) is 18.9 Å². The minimum absolute atomic E-state index is 0.00573. The van der Waals surface area contributed by atoms with Crippen LogP contribution in [0, 0.1) is 0 Å². The highest BCUT2D eigenvalue weighted by atomic mass is 16.4. The Labute approximate surface area is 129 Å². The van der Waals surface area contributed by atoms with Crippen LogP contribution in [-0.2, 0) is 0 Å². The van der Waals surface area contributed by atoms with Gasteiger partial charge in [0.15, 0.2) is 0 Å². The summed E-state index contributed by atoms with van der Waals surface area (Å²) in [6.07, 6.45) is 4.44. The van der Waals surface area contributed by atoms with Crippen LogP contribution in [0.1, 0.15) is 29.0 Å². The predicted molar refractivity (Wildman–Crippen MR) is 84.2 cm³/mol. The van der Waals surface area contributed by atoms with E-state index in [0.717, 1.165) is 11.1 Å². The van der Waals surface area contributed by atoms with E-state index >= 15 is 0 Å². The molecular formula is C18H18N2O2. The lowest BCUT2D eigenvalue weighted by molar-refractivity contribution is 0.145. The molecule has 0 aliphatic rings. The van der Waals surface area contributed by atoms with E-state index in [2.05, 4.69) is 22.4 Å². The number of nitrogens with one attached hydrogen (secondary N) is 1. The Morgan fingerprint density at radius 3 is 2.36 bits per heavy atom. The van der Waals surface area contributed by atoms with Crippen molar-refractivity contribution in [2.24, 2.45) is 0 Å². The lowest BCUT2D eigenvalue weighted by Crippen LogP contribution is -2.27. The van der Waals surface area contributed by atoms with Crippen molar-refractivity contribution < 1.29 is 9.52 Å². The molecule has 3 rings (SSSR count). The van der Waals surface area contributed by atoms with Gasteiger partial charge in [-0.25, -0.2) is 0 Å². The van der Waals surface area contributed by atoms with E-state index in [0.29, 0.717) is 12.3 Å². The standard InChI is InChI=1S/C18H18N2O2/c21-16(17-7-4-12-22-17)13-20-18(14-5-2-1-3-6-14)15-8-10-19-11-9-15/h1-12,16,18,20-21H,13H2. The summed E-state index contributed by atoms with van der Waals surface area (Å²) < 4.78 is 5.24. The summed E-state index contributed by atoms with van der Waals surface area (Å²) in [7, 11) is 0. The molecule has 2 heterocycles. The first-order valence-corrected chi connectivity index (χ1v) is 7.24. The third kappa shape index (κ3) is 3.42. The number of pyridine rings is 1. The van der Waals surface area contributed by atoms with Gasteiger partial charge in [0.1, 0.15) is 11.9 Å². The number of aromatic nitrogens is 1.